The molecule has 108 valence electrons. The monoisotopic (exact) mass is 325 g/mol. The summed E-state index contributed by atoms with van der Waals surface area (Å²) >= 11 is 12.3. The molecule has 21 heavy (non-hydrogen) atoms. The van der Waals surface area contributed by atoms with Crippen LogP contribution in [-0.4, -0.2) is 14.3 Å². The molecule has 0 aliphatic rings. The number of rotatable bonds is 1. The highest BCUT2D eigenvalue weighted by Crippen LogP contribution is 2.36. The van der Waals surface area contributed by atoms with Crippen LogP contribution < -0.4 is 11.2 Å². The quantitative estimate of drug-likeness (QED) is 0.687. The molecular weight excluding hydrogens is 317 g/mol. The lowest BCUT2D eigenvalue weighted by atomic mass is 10.1. The van der Waals surface area contributed by atoms with Crippen molar-refractivity contribution in [1.29, 1.82) is 0 Å². The minimum Gasteiger partial charge on any atom is -0.337 e. The molecule has 0 spiro atoms. The van der Waals surface area contributed by atoms with E-state index in [1.807, 2.05) is 0 Å². The van der Waals surface area contributed by atoms with E-state index in [-0.39, 0.29) is 16.8 Å². The first-order chi connectivity index (χ1) is 9.93. The predicted molar refractivity (Wildman–Crippen MR) is 79.9 cm³/mol. The van der Waals surface area contributed by atoms with Gasteiger partial charge in [0, 0.05) is 19.7 Å². The lowest BCUT2D eigenvalue weighted by Gasteiger charge is -2.04. The van der Waals surface area contributed by atoms with Crippen molar-refractivity contribution in [3.05, 3.63) is 49.1 Å². The molecule has 0 N–H and O–H groups in total. The van der Waals surface area contributed by atoms with Gasteiger partial charge < -0.3 is 4.52 Å². The number of halogens is 2. The molecule has 3 aromatic rings. The predicted octanol–water partition coefficient (Wildman–Crippen LogP) is 2.20. The van der Waals surface area contributed by atoms with Gasteiger partial charge in [0.2, 0.25) is 5.71 Å². The lowest BCUT2D eigenvalue weighted by Crippen LogP contribution is -2.36. The first-order valence-corrected chi connectivity index (χ1v) is 6.69. The molecule has 0 bridgehead atoms. The number of aryl methyl sites for hydroxylation is 1. The molecule has 0 atom stereocenters. The SMILES string of the molecule is Cn1c(=O)c2c(-c3c(Cl)cccc3Cl)noc2n(C)c1=O. The van der Waals surface area contributed by atoms with Crippen molar-refractivity contribution in [3.8, 4) is 11.3 Å². The van der Waals surface area contributed by atoms with Gasteiger partial charge in [-0.15, -0.1) is 0 Å². The molecule has 8 heteroatoms. The number of benzene rings is 1. The van der Waals surface area contributed by atoms with Crippen molar-refractivity contribution in [2.24, 2.45) is 14.1 Å². The van der Waals surface area contributed by atoms with Gasteiger partial charge in [-0.2, -0.15) is 0 Å². The molecule has 0 saturated carbocycles. The molecule has 0 fully saturated rings. The Hall–Kier alpha value is -2.05. The zero-order valence-corrected chi connectivity index (χ0v) is 12.6. The second-order valence-corrected chi connectivity index (χ2v) is 5.33. The highest BCUT2D eigenvalue weighted by molar-refractivity contribution is 6.39. The number of fused-ring (bicyclic) bond motifs is 1. The standard InChI is InChI=1S/C13H9Cl2N3O3/c1-17-11(19)9-10(8-6(14)4-3-5-7(8)15)16-21-12(9)18(2)13(17)20/h3-5H,1-2H3. The van der Waals surface area contributed by atoms with Gasteiger partial charge in [0.05, 0.1) is 10.0 Å². The van der Waals surface area contributed by atoms with Crippen molar-refractivity contribution < 1.29 is 4.52 Å². The third-order valence-electron chi connectivity index (χ3n) is 3.27. The maximum Gasteiger partial charge on any atom is 0.333 e. The Labute approximate surface area is 128 Å². The average molecular weight is 326 g/mol. The Bertz CT molecular complexity index is 964. The van der Waals surface area contributed by atoms with E-state index in [2.05, 4.69) is 5.16 Å². The Morgan fingerprint density at radius 3 is 2.33 bits per heavy atom. The fraction of sp³-hybridized carbons (Fsp3) is 0.154. The highest BCUT2D eigenvalue weighted by Gasteiger charge is 2.22. The summed E-state index contributed by atoms with van der Waals surface area (Å²) in [5, 5.41) is 4.72. The van der Waals surface area contributed by atoms with E-state index < -0.39 is 11.2 Å². The number of hydrogen-bond donors (Lipinski definition) is 0. The van der Waals surface area contributed by atoms with E-state index in [1.54, 1.807) is 18.2 Å². The van der Waals surface area contributed by atoms with Gasteiger partial charge >= 0.3 is 5.69 Å². The lowest BCUT2D eigenvalue weighted by molar-refractivity contribution is 0.436. The van der Waals surface area contributed by atoms with Crippen molar-refractivity contribution in [2.45, 2.75) is 0 Å². The van der Waals surface area contributed by atoms with Gasteiger partial charge in [0.1, 0.15) is 11.1 Å². The maximum absolute atomic E-state index is 12.3. The van der Waals surface area contributed by atoms with Crippen molar-refractivity contribution in [2.75, 3.05) is 0 Å². The van der Waals surface area contributed by atoms with Crippen LogP contribution in [0.25, 0.3) is 22.4 Å². The molecule has 2 aromatic heterocycles. The summed E-state index contributed by atoms with van der Waals surface area (Å²) < 4.78 is 7.33. The second-order valence-electron chi connectivity index (χ2n) is 4.51. The van der Waals surface area contributed by atoms with Crippen LogP contribution in [0.3, 0.4) is 0 Å². The van der Waals surface area contributed by atoms with Crippen molar-refractivity contribution >= 4 is 34.3 Å². The molecule has 0 saturated heterocycles. The molecule has 1 aromatic carbocycles. The van der Waals surface area contributed by atoms with Gasteiger partial charge in [-0.25, -0.2) is 4.79 Å². The third-order valence-corrected chi connectivity index (χ3v) is 3.90. The molecule has 0 amide bonds. The van der Waals surface area contributed by atoms with Gasteiger partial charge in [-0.1, -0.05) is 34.4 Å². The number of aromatic nitrogens is 3. The molecule has 0 aliphatic carbocycles. The Kier molecular flexibility index (Phi) is 3.15. The summed E-state index contributed by atoms with van der Waals surface area (Å²) in [6.07, 6.45) is 0. The summed E-state index contributed by atoms with van der Waals surface area (Å²) in [5.41, 5.74) is -0.318. The Morgan fingerprint density at radius 2 is 1.71 bits per heavy atom. The van der Waals surface area contributed by atoms with Crippen LogP contribution in [0.2, 0.25) is 10.0 Å². The second kappa shape index (κ2) is 4.75. The van der Waals surface area contributed by atoms with E-state index in [0.29, 0.717) is 15.6 Å². The van der Waals surface area contributed by atoms with E-state index >= 15 is 0 Å². The zero-order chi connectivity index (χ0) is 15.3. The highest BCUT2D eigenvalue weighted by atomic mass is 35.5. The van der Waals surface area contributed by atoms with E-state index in [0.717, 1.165) is 4.57 Å². The van der Waals surface area contributed by atoms with E-state index in [1.165, 1.54) is 18.7 Å². The van der Waals surface area contributed by atoms with Crippen molar-refractivity contribution in [1.82, 2.24) is 14.3 Å². The third kappa shape index (κ3) is 1.91. The van der Waals surface area contributed by atoms with E-state index in [9.17, 15) is 9.59 Å². The molecule has 6 nitrogen and oxygen atoms in total. The Morgan fingerprint density at radius 1 is 1.10 bits per heavy atom. The summed E-state index contributed by atoms with van der Waals surface area (Å²) in [7, 11) is 2.88. The summed E-state index contributed by atoms with van der Waals surface area (Å²) in [6, 6.07) is 4.95. The van der Waals surface area contributed by atoms with Crippen LogP contribution in [0.15, 0.2) is 32.3 Å². The number of hydrogen-bond acceptors (Lipinski definition) is 4. The van der Waals surface area contributed by atoms with Crippen LogP contribution in [0.4, 0.5) is 0 Å². The van der Waals surface area contributed by atoms with Crippen LogP contribution in [-0.2, 0) is 14.1 Å². The number of nitrogens with zero attached hydrogens (tertiary/aromatic N) is 3. The molecule has 3 rings (SSSR count). The Balaban J connectivity index is 2.53. The summed E-state index contributed by atoms with van der Waals surface area (Å²) in [4.78, 5) is 24.2. The van der Waals surface area contributed by atoms with E-state index in [4.69, 9.17) is 27.7 Å². The maximum atomic E-state index is 12.3. The van der Waals surface area contributed by atoms with Crippen LogP contribution in [0, 0.1) is 0 Å². The molecule has 2 heterocycles. The van der Waals surface area contributed by atoms with Gasteiger partial charge in [0.15, 0.2) is 0 Å². The average Bonchev–Trinajstić information content (AvgIpc) is 2.87. The van der Waals surface area contributed by atoms with Gasteiger partial charge in [0.25, 0.3) is 5.56 Å². The smallest absolute Gasteiger partial charge is 0.333 e. The normalized spacial score (nSPS) is 11.2. The van der Waals surface area contributed by atoms with Crippen LogP contribution in [0.1, 0.15) is 0 Å². The van der Waals surface area contributed by atoms with Crippen molar-refractivity contribution in [3.63, 3.8) is 0 Å². The largest absolute Gasteiger partial charge is 0.337 e. The van der Waals surface area contributed by atoms with Crippen LogP contribution >= 0.6 is 23.2 Å². The van der Waals surface area contributed by atoms with Crippen LogP contribution in [0.5, 0.6) is 0 Å². The minimum atomic E-state index is -0.514. The summed E-state index contributed by atoms with van der Waals surface area (Å²) in [6.45, 7) is 0. The fourth-order valence-corrected chi connectivity index (χ4v) is 2.74. The molecular formula is C13H9Cl2N3O3. The summed E-state index contributed by atoms with van der Waals surface area (Å²) in [5.74, 6) is 0. The molecule has 0 unspecified atom stereocenters. The first kappa shape index (κ1) is 13.9. The van der Waals surface area contributed by atoms with Gasteiger partial charge in [-0.3, -0.25) is 13.9 Å². The molecule has 0 radical (unpaired) electrons. The van der Waals surface area contributed by atoms with Gasteiger partial charge in [-0.05, 0) is 12.1 Å². The fourth-order valence-electron chi connectivity index (χ4n) is 2.16. The minimum absolute atomic E-state index is 0.0779. The zero-order valence-electron chi connectivity index (χ0n) is 11.1. The topological polar surface area (TPSA) is 70.0 Å². The molecule has 0 aliphatic heterocycles. The first-order valence-electron chi connectivity index (χ1n) is 5.93.